The Hall–Kier alpha value is -2.01. The van der Waals surface area contributed by atoms with Crippen LogP contribution in [0.3, 0.4) is 0 Å². The van der Waals surface area contributed by atoms with Crippen LogP contribution in [0, 0.1) is 11.3 Å². The summed E-state index contributed by atoms with van der Waals surface area (Å²) >= 11 is 0. The van der Waals surface area contributed by atoms with E-state index in [1.807, 2.05) is 48.6 Å². The lowest BCUT2D eigenvalue weighted by atomic mass is 9.77. The molecule has 1 atom stereocenters. The highest BCUT2D eigenvalue weighted by Crippen LogP contribution is 2.33. The van der Waals surface area contributed by atoms with Gasteiger partial charge in [-0.15, -0.1) is 0 Å². The zero-order valence-electron chi connectivity index (χ0n) is 9.18. The molecule has 16 heavy (non-hydrogen) atoms. The van der Waals surface area contributed by atoms with E-state index in [9.17, 15) is 5.26 Å². The Morgan fingerprint density at radius 2 is 2.25 bits per heavy atom. The largest absolute Gasteiger partial charge is 0.497 e. The molecule has 1 aliphatic rings. The molecular weight excluding hydrogens is 198 g/mol. The van der Waals surface area contributed by atoms with Gasteiger partial charge in [-0.25, -0.2) is 0 Å². The fraction of sp³-hybridized carbons (Fsp3) is 0.214. The normalized spacial score (nSPS) is 22.8. The molecule has 0 heterocycles. The summed E-state index contributed by atoms with van der Waals surface area (Å²) in [6, 6.07) is 10.1. The Morgan fingerprint density at radius 1 is 1.38 bits per heavy atom. The molecule has 0 N–H and O–H groups in total. The molecule has 0 amide bonds. The first kappa shape index (κ1) is 10.5. The quantitative estimate of drug-likeness (QED) is 0.753. The Labute approximate surface area is 95.5 Å². The third-order valence-corrected chi connectivity index (χ3v) is 2.85. The number of benzene rings is 1. The molecule has 1 aromatic carbocycles. The molecule has 0 saturated heterocycles. The van der Waals surface area contributed by atoms with Crippen LogP contribution < -0.4 is 4.74 Å². The molecule has 0 radical (unpaired) electrons. The lowest BCUT2D eigenvalue weighted by Crippen LogP contribution is -2.21. The van der Waals surface area contributed by atoms with Crippen LogP contribution in [0.2, 0.25) is 0 Å². The molecule has 80 valence electrons. The number of nitriles is 1. The number of hydrogen-bond acceptors (Lipinski definition) is 2. The molecule has 1 aliphatic carbocycles. The van der Waals surface area contributed by atoms with Gasteiger partial charge >= 0.3 is 0 Å². The summed E-state index contributed by atoms with van der Waals surface area (Å²) in [5.74, 6) is 0.787. The molecule has 0 aliphatic heterocycles. The third-order valence-electron chi connectivity index (χ3n) is 2.85. The second-order valence-electron chi connectivity index (χ2n) is 3.81. The minimum absolute atomic E-state index is 0.538. The fourth-order valence-electron chi connectivity index (χ4n) is 1.88. The van der Waals surface area contributed by atoms with Crippen LogP contribution in [-0.2, 0) is 5.41 Å². The van der Waals surface area contributed by atoms with Crippen molar-refractivity contribution in [3.63, 3.8) is 0 Å². The molecule has 0 aromatic heterocycles. The van der Waals surface area contributed by atoms with Gasteiger partial charge in [0.05, 0.1) is 13.2 Å². The lowest BCUT2D eigenvalue weighted by molar-refractivity contribution is 0.413. The maximum Gasteiger partial charge on any atom is 0.119 e. The predicted octanol–water partition coefficient (Wildman–Crippen LogP) is 2.97. The van der Waals surface area contributed by atoms with Crippen molar-refractivity contribution < 1.29 is 4.74 Å². The summed E-state index contributed by atoms with van der Waals surface area (Å²) in [6.07, 6.45) is 8.57. The van der Waals surface area contributed by atoms with Gasteiger partial charge < -0.3 is 4.74 Å². The van der Waals surface area contributed by atoms with Crippen LogP contribution in [0.5, 0.6) is 5.75 Å². The SMILES string of the molecule is COc1cccc(C2(C#N)C=CC=CC2)c1. The number of nitrogens with zero attached hydrogens (tertiary/aromatic N) is 1. The van der Waals surface area contributed by atoms with E-state index in [1.165, 1.54) is 0 Å². The van der Waals surface area contributed by atoms with E-state index in [-0.39, 0.29) is 0 Å². The van der Waals surface area contributed by atoms with Gasteiger partial charge in [-0.05, 0) is 24.1 Å². The summed E-state index contributed by atoms with van der Waals surface area (Å²) in [4.78, 5) is 0. The van der Waals surface area contributed by atoms with Crippen molar-refractivity contribution in [2.24, 2.45) is 0 Å². The van der Waals surface area contributed by atoms with E-state index < -0.39 is 5.41 Å². The van der Waals surface area contributed by atoms with Gasteiger partial charge in [0.2, 0.25) is 0 Å². The van der Waals surface area contributed by atoms with Crippen LogP contribution in [-0.4, -0.2) is 7.11 Å². The van der Waals surface area contributed by atoms with Crippen LogP contribution in [0.1, 0.15) is 12.0 Å². The van der Waals surface area contributed by atoms with Crippen LogP contribution in [0.15, 0.2) is 48.6 Å². The molecule has 2 nitrogen and oxygen atoms in total. The second kappa shape index (κ2) is 4.24. The summed E-state index contributed by atoms with van der Waals surface area (Å²) < 4.78 is 5.18. The Morgan fingerprint density at radius 3 is 2.88 bits per heavy atom. The first-order chi connectivity index (χ1) is 7.80. The van der Waals surface area contributed by atoms with Crippen molar-refractivity contribution in [1.82, 2.24) is 0 Å². The van der Waals surface area contributed by atoms with E-state index in [0.717, 1.165) is 11.3 Å². The number of methoxy groups -OCH3 is 1. The summed E-state index contributed by atoms with van der Waals surface area (Å²) in [5.41, 5.74) is 0.443. The van der Waals surface area contributed by atoms with E-state index in [4.69, 9.17) is 4.74 Å². The molecule has 2 heteroatoms. The molecule has 0 bridgehead atoms. The summed E-state index contributed by atoms with van der Waals surface area (Å²) in [6.45, 7) is 0. The van der Waals surface area contributed by atoms with Crippen molar-refractivity contribution in [2.45, 2.75) is 11.8 Å². The maximum atomic E-state index is 9.38. The molecule has 0 spiro atoms. The van der Waals surface area contributed by atoms with Crippen molar-refractivity contribution in [3.05, 3.63) is 54.1 Å². The first-order valence-electron chi connectivity index (χ1n) is 5.21. The van der Waals surface area contributed by atoms with Gasteiger partial charge in [0, 0.05) is 0 Å². The molecule has 1 aromatic rings. The monoisotopic (exact) mass is 211 g/mol. The van der Waals surface area contributed by atoms with Gasteiger partial charge in [0.1, 0.15) is 11.2 Å². The van der Waals surface area contributed by atoms with Crippen LogP contribution in [0.25, 0.3) is 0 Å². The highest BCUT2D eigenvalue weighted by molar-refractivity contribution is 5.45. The van der Waals surface area contributed by atoms with E-state index in [0.29, 0.717) is 6.42 Å². The molecule has 2 rings (SSSR count). The lowest BCUT2D eigenvalue weighted by Gasteiger charge is -2.24. The minimum atomic E-state index is -0.538. The van der Waals surface area contributed by atoms with E-state index in [1.54, 1.807) is 7.11 Å². The van der Waals surface area contributed by atoms with Crippen molar-refractivity contribution in [1.29, 1.82) is 5.26 Å². The first-order valence-corrected chi connectivity index (χ1v) is 5.21. The van der Waals surface area contributed by atoms with Crippen molar-refractivity contribution >= 4 is 0 Å². The van der Waals surface area contributed by atoms with Gasteiger partial charge in [0.15, 0.2) is 0 Å². The van der Waals surface area contributed by atoms with Crippen molar-refractivity contribution in [3.8, 4) is 11.8 Å². The van der Waals surface area contributed by atoms with Gasteiger partial charge in [-0.1, -0.05) is 36.4 Å². The number of hydrogen-bond donors (Lipinski definition) is 0. The predicted molar refractivity (Wildman–Crippen MR) is 63.2 cm³/mol. The minimum Gasteiger partial charge on any atom is -0.497 e. The highest BCUT2D eigenvalue weighted by Gasteiger charge is 2.29. The number of rotatable bonds is 2. The molecule has 1 unspecified atom stereocenters. The summed E-state index contributed by atoms with van der Waals surface area (Å²) in [5, 5.41) is 9.38. The van der Waals surface area contributed by atoms with E-state index in [2.05, 4.69) is 6.07 Å². The Balaban J connectivity index is 2.45. The topological polar surface area (TPSA) is 33.0 Å². The second-order valence-corrected chi connectivity index (χ2v) is 3.81. The van der Waals surface area contributed by atoms with Crippen LogP contribution in [0.4, 0.5) is 0 Å². The van der Waals surface area contributed by atoms with Gasteiger partial charge in [-0.3, -0.25) is 0 Å². The average molecular weight is 211 g/mol. The zero-order valence-corrected chi connectivity index (χ0v) is 9.18. The van der Waals surface area contributed by atoms with E-state index >= 15 is 0 Å². The number of allylic oxidation sites excluding steroid dienone is 4. The molecule has 0 fully saturated rings. The Bertz CT molecular complexity index is 482. The standard InChI is InChI=1S/C14H13NO/c1-16-13-7-5-6-12(10-13)14(11-15)8-3-2-4-9-14/h2-8,10H,9H2,1H3. The zero-order chi connectivity index (χ0) is 11.4. The van der Waals surface area contributed by atoms with Crippen molar-refractivity contribution in [2.75, 3.05) is 7.11 Å². The molecular formula is C14H13NO. The van der Waals surface area contributed by atoms with Crippen LogP contribution >= 0.6 is 0 Å². The average Bonchev–Trinajstić information content (AvgIpc) is 2.39. The highest BCUT2D eigenvalue weighted by atomic mass is 16.5. The Kier molecular flexibility index (Phi) is 2.78. The summed E-state index contributed by atoms with van der Waals surface area (Å²) in [7, 11) is 1.63. The van der Waals surface area contributed by atoms with Gasteiger partial charge in [0.25, 0.3) is 0 Å². The maximum absolute atomic E-state index is 9.38. The third kappa shape index (κ3) is 1.72. The van der Waals surface area contributed by atoms with Gasteiger partial charge in [-0.2, -0.15) is 5.26 Å². The fourth-order valence-corrected chi connectivity index (χ4v) is 1.88. The smallest absolute Gasteiger partial charge is 0.119 e. The molecule has 0 saturated carbocycles. The number of ether oxygens (including phenoxy) is 1.